The Kier molecular flexibility index (Phi) is 6.41. The largest absolute Gasteiger partial charge is 0.507 e. The quantitative estimate of drug-likeness (QED) is 0.307. The number of anilines is 1. The van der Waals surface area contributed by atoms with Crippen LogP contribution < -0.4 is 14.4 Å². The summed E-state index contributed by atoms with van der Waals surface area (Å²) in [5.41, 5.74) is 3.62. The van der Waals surface area contributed by atoms with Crippen molar-refractivity contribution in [2.45, 2.75) is 26.8 Å². The van der Waals surface area contributed by atoms with E-state index in [9.17, 15) is 14.7 Å². The summed E-state index contributed by atoms with van der Waals surface area (Å²) in [5, 5.41) is 11.2. The van der Waals surface area contributed by atoms with Crippen molar-refractivity contribution in [1.82, 2.24) is 0 Å². The molecule has 3 aromatic rings. The number of rotatable bonds is 6. The van der Waals surface area contributed by atoms with Gasteiger partial charge in [0.15, 0.2) is 11.5 Å². The van der Waals surface area contributed by atoms with Gasteiger partial charge in [0.2, 0.25) is 0 Å². The van der Waals surface area contributed by atoms with E-state index in [4.69, 9.17) is 9.47 Å². The zero-order valence-electron chi connectivity index (χ0n) is 19.7. The van der Waals surface area contributed by atoms with E-state index in [-0.39, 0.29) is 11.3 Å². The Morgan fingerprint density at radius 2 is 1.71 bits per heavy atom. The van der Waals surface area contributed by atoms with Gasteiger partial charge < -0.3 is 14.6 Å². The molecule has 1 N–H and O–H groups in total. The number of benzene rings is 3. The smallest absolute Gasteiger partial charge is 0.300 e. The van der Waals surface area contributed by atoms with Crippen LogP contribution in [0.1, 0.15) is 35.2 Å². The Bertz CT molecular complexity index is 1280. The second-order valence-corrected chi connectivity index (χ2v) is 8.17. The summed E-state index contributed by atoms with van der Waals surface area (Å²) in [5.74, 6) is -0.612. The number of carbonyl (C=O) groups is 2. The van der Waals surface area contributed by atoms with Crippen LogP contribution >= 0.6 is 0 Å². The number of hydrogen-bond acceptors (Lipinski definition) is 5. The number of Topliss-reactive ketones (excluding diaryl/α,β-unsaturated/α-hetero) is 1. The minimum atomic E-state index is -0.841. The molecule has 6 heteroatoms. The number of nitrogens with zero attached hydrogens (tertiary/aromatic N) is 1. The molecule has 0 aromatic heterocycles. The number of amides is 1. The Labute approximate surface area is 199 Å². The van der Waals surface area contributed by atoms with Crippen LogP contribution in [0.5, 0.6) is 11.5 Å². The van der Waals surface area contributed by atoms with Crippen LogP contribution in [0.4, 0.5) is 5.69 Å². The van der Waals surface area contributed by atoms with Gasteiger partial charge in [0.25, 0.3) is 11.7 Å². The number of aliphatic hydroxyl groups excluding tert-OH is 1. The zero-order chi connectivity index (χ0) is 24.4. The molecule has 0 spiro atoms. The first-order valence-electron chi connectivity index (χ1n) is 11.1. The third-order valence-corrected chi connectivity index (χ3v) is 5.91. The Balaban J connectivity index is 1.98. The van der Waals surface area contributed by atoms with Crippen LogP contribution in [0, 0.1) is 13.8 Å². The number of aryl methyl sites for hydroxylation is 2. The third-order valence-electron chi connectivity index (χ3n) is 5.91. The first-order chi connectivity index (χ1) is 16.4. The predicted octanol–water partition coefficient (Wildman–Crippen LogP) is 5.34. The van der Waals surface area contributed by atoms with Crippen molar-refractivity contribution in [3.63, 3.8) is 0 Å². The molecule has 1 aliphatic rings. The number of ether oxygens (including phenoxy) is 2. The van der Waals surface area contributed by atoms with Crippen molar-refractivity contribution in [2.24, 2.45) is 0 Å². The zero-order valence-corrected chi connectivity index (χ0v) is 19.7. The Hall–Kier alpha value is -4.06. The minimum absolute atomic E-state index is 0.0313. The summed E-state index contributed by atoms with van der Waals surface area (Å²) in [4.78, 5) is 28.2. The highest BCUT2D eigenvalue weighted by atomic mass is 16.5. The first kappa shape index (κ1) is 23.1. The van der Waals surface area contributed by atoms with Crippen molar-refractivity contribution in [3.8, 4) is 11.5 Å². The second kappa shape index (κ2) is 9.43. The van der Waals surface area contributed by atoms with Crippen LogP contribution in [-0.2, 0) is 9.59 Å². The molecule has 1 atom stereocenters. The van der Waals surface area contributed by atoms with Crippen LogP contribution in [0.15, 0.2) is 72.3 Å². The molecule has 1 unspecified atom stereocenters. The summed E-state index contributed by atoms with van der Waals surface area (Å²) in [7, 11) is 1.55. The van der Waals surface area contributed by atoms with Crippen LogP contribution in [0.25, 0.3) is 5.76 Å². The van der Waals surface area contributed by atoms with Crippen LogP contribution in [0.2, 0.25) is 0 Å². The maximum absolute atomic E-state index is 13.4. The molecule has 0 aliphatic carbocycles. The van der Waals surface area contributed by atoms with Crippen molar-refractivity contribution in [2.75, 3.05) is 18.6 Å². The van der Waals surface area contributed by atoms with E-state index in [0.717, 1.165) is 11.1 Å². The number of aliphatic hydroxyl groups is 1. The number of ketones is 1. The number of carbonyl (C=O) groups excluding carboxylic acids is 2. The second-order valence-electron chi connectivity index (χ2n) is 8.17. The molecule has 4 rings (SSSR count). The Morgan fingerprint density at radius 3 is 2.35 bits per heavy atom. The topological polar surface area (TPSA) is 76.1 Å². The van der Waals surface area contributed by atoms with E-state index >= 15 is 0 Å². The molecule has 174 valence electrons. The molecule has 1 fully saturated rings. The molecule has 1 aliphatic heterocycles. The van der Waals surface area contributed by atoms with Gasteiger partial charge in [0.1, 0.15) is 5.76 Å². The summed E-state index contributed by atoms with van der Waals surface area (Å²) < 4.78 is 11.2. The average molecular weight is 458 g/mol. The SMILES string of the molecule is CCOc1cc(C2/C(=C(\O)c3ccccc3)C(=O)C(=O)N2c2ccc(C)cc2C)ccc1OC. The van der Waals surface area contributed by atoms with E-state index in [1.54, 1.807) is 49.6 Å². The molecule has 1 saturated heterocycles. The summed E-state index contributed by atoms with van der Waals surface area (Å²) >= 11 is 0. The van der Waals surface area contributed by atoms with Gasteiger partial charge in [0, 0.05) is 11.3 Å². The fraction of sp³-hybridized carbons (Fsp3) is 0.214. The molecule has 6 nitrogen and oxygen atoms in total. The van der Waals surface area contributed by atoms with Crippen molar-refractivity contribution < 1.29 is 24.2 Å². The van der Waals surface area contributed by atoms with E-state index in [0.29, 0.717) is 34.9 Å². The molecule has 3 aromatic carbocycles. The lowest BCUT2D eigenvalue weighted by molar-refractivity contribution is -0.132. The van der Waals surface area contributed by atoms with Crippen molar-refractivity contribution in [1.29, 1.82) is 0 Å². The highest BCUT2D eigenvalue weighted by molar-refractivity contribution is 6.51. The minimum Gasteiger partial charge on any atom is -0.507 e. The van der Waals surface area contributed by atoms with E-state index in [2.05, 4.69) is 0 Å². The molecular formula is C28H27NO5. The fourth-order valence-corrected chi connectivity index (χ4v) is 4.36. The fourth-order valence-electron chi connectivity index (χ4n) is 4.36. The van der Waals surface area contributed by atoms with Gasteiger partial charge >= 0.3 is 0 Å². The van der Waals surface area contributed by atoms with E-state index in [1.807, 2.05) is 45.0 Å². The van der Waals surface area contributed by atoms with Gasteiger partial charge in [-0.2, -0.15) is 0 Å². The van der Waals surface area contributed by atoms with Gasteiger partial charge in [-0.05, 0) is 50.1 Å². The number of methoxy groups -OCH3 is 1. The maximum Gasteiger partial charge on any atom is 0.300 e. The van der Waals surface area contributed by atoms with Gasteiger partial charge in [0.05, 0.1) is 25.3 Å². The summed E-state index contributed by atoms with van der Waals surface area (Å²) in [6.07, 6.45) is 0. The maximum atomic E-state index is 13.4. The number of hydrogen-bond donors (Lipinski definition) is 1. The molecule has 0 bridgehead atoms. The highest BCUT2D eigenvalue weighted by Crippen LogP contribution is 2.45. The Morgan fingerprint density at radius 1 is 0.971 bits per heavy atom. The van der Waals surface area contributed by atoms with Crippen molar-refractivity contribution >= 4 is 23.1 Å². The monoisotopic (exact) mass is 457 g/mol. The molecule has 1 heterocycles. The molecule has 0 radical (unpaired) electrons. The summed E-state index contributed by atoms with van der Waals surface area (Å²) in [6.45, 7) is 6.15. The molecular weight excluding hydrogens is 430 g/mol. The lowest BCUT2D eigenvalue weighted by Gasteiger charge is -2.27. The van der Waals surface area contributed by atoms with Gasteiger partial charge in [-0.25, -0.2) is 0 Å². The third kappa shape index (κ3) is 4.03. The van der Waals surface area contributed by atoms with Crippen molar-refractivity contribution in [3.05, 3.63) is 94.6 Å². The standard InChI is InChI=1S/C28H27NO5/c1-5-34-23-16-20(12-14-22(23)33-4)25-24(26(30)19-9-7-6-8-10-19)27(31)28(32)29(25)21-13-11-17(2)15-18(21)3/h6-16,25,30H,5H2,1-4H3/b26-24+. The summed E-state index contributed by atoms with van der Waals surface area (Å²) in [6, 6.07) is 18.9. The van der Waals surface area contributed by atoms with E-state index in [1.165, 1.54) is 4.90 Å². The van der Waals surface area contributed by atoms with Gasteiger partial charge in [-0.1, -0.05) is 54.1 Å². The van der Waals surface area contributed by atoms with Gasteiger partial charge in [-0.3, -0.25) is 14.5 Å². The predicted molar refractivity (Wildman–Crippen MR) is 131 cm³/mol. The first-order valence-corrected chi connectivity index (χ1v) is 11.1. The lowest BCUT2D eigenvalue weighted by atomic mass is 9.94. The van der Waals surface area contributed by atoms with Gasteiger partial charge in [-0.15, -0.1) is 0 Å². The average Bonchev–Trinajstić information content (AvgIpc) is 3.10. The lowest BCUT2D eigenvalue weighted by Crippen LogP contribution is -2.30. The molecule has 0 saturated carbocycles. The molecule has 1 amide bonds. The van der Waals surface area contributed by atoms with Crippen LogP contribution in [-0.4, -0.2) is 30.5 Å². The van der Waals surface area contributed by atoms with E-state index < -0.39 is 17.7 Å². The molecule has 34 heavy (non-hydrogen) atoms. The normalized spacial score (nSPS) is 17.2. The van der Waals surface area contributed by atoms with Crippen LogP contribution in [0.3, 0.4) is 0 Å². The highest BCUT2D eigenvalue weighted by Gasteiger charge is 2.47.